The minimum atomic E-state index is -3.74. The van der Waals surface area contributed by atoms with E-state index in [9.17, 15) is 13.2 Å². The lowest BCUT2D eigenvalue weighted by Crippen LogP contribution is -2.49. The van der Waals surface area contributed by atoms with E-state index in [1.54, 1.807) is 0 Å². The molecule has 8 nitrogen and oxygen atoms in total. The second-order valence-electron chi connectivity index (χ2n) is 6.80. The van der Waals surface area contributed by atoms with Gasteiger partial charge in [-0.2, -0.15) is 0 Å². The molecule has 11 heteroatoms. The van der Waals surface area contributed by atoms with Gasteiger partial charge in [0.2, 0.25) is 15.9 Å². The van der Waals surface area contributed by atoms with Gasteiger partial charge in [0.15, 0.2) is 0 Å². The fraction of sp³-hybridized carbons (Fsp3) is 0.529. The molecule has 2 rings (SSSR count). The van der Waals surface area contributed by atoms with Crippen molar-refractivity contribution in [3.8, 4) is 0 Å². The zero-order valence-corrected chi connectivity index (χ0v) is 18.6. The summed E-state index contributed by atoms with van der Waals surface area (Å²) in [5.41, 5.74) is 0.512. The van der Waals surface area contributed by atoms with Crippen molar-refractivity contribution in [2.24, 2.45) is 5.14 Å². The Hall–Kier alpha value is -1.24. The molecule has 1 aliphatic rings. The van der Waals surface area contributed by atoms with Crippen molar-refractivity contribution < 1.29 is 13.2 Å². The topological polar surface area (TPSA) is 99.0 Å². The molecular formula is C17H27N5O3S3. The number of nitrogens with zero attached hydrogens (tertiary/aromatic N) is 3. The summed E-state index contributed by atoms with van der Waals surface area (Å²) in [7, 11) is 0.403. The lowest BCUT2D eigenvalue weighted by atomic mass is 10.3. The third-order valence-corrected chi connectivity index (χ3v) is 6.74. The van der Waals surface area contributed by atoms with Crippen LogP contribution < -0.4 is 10.5 Å². The normalized spacial score (nSPS) is 15.6. The van der Waals surface area contributed by atoms with E-state index >= 15 is 0 Å². The molecule has 3 N–H and O–H groups in total. The van der Waals surface area contributed by atoms with E-state index in [1.165, 1.54) is 36.0 Å². The molecule has 1 aromatic rings. The zero-order chi connectivity index (χ0) is 20.7. The molecule has 1 aromatic carbocycles. The first-order valence-corrected chi connectivity index (χ1v) is 11.8. The van der Waals surface area contributed by atoms with Crippen molar-refractivity contribution in [3.63, 3.8) is 0 Å². The van der Waals surface area contributed by atoms with E-state index < -0.39 is 10.0 Å². The van der Waals surface area contributed by atoms with Gasteiger partial charge in [0.05, 0.1) is 10.6 Å². The smallest absolute Gasteiger partial charge is 0.238 e. The van der Waals surface area contributed by atoms with Crippen LogP contribution in [-0.2, 0) is 14.8 Å². The highest BCUT2D eigenvalue weighted by Gasteiger charge is 2.19. The highest BCUT2D eigenvalue weighted by atomic mass is 32.2. The van der Waals surface area contributed by atoms with Gasteiger partial charge in [0.1, 0.15) is 4.32 Å². The number of nitrogens with two attached hydrogens (primary N) is 1. The van der Waals surface area contributed by atoms with Crippen LogP contribution in [0.2, 0.25) is 0 Å². The maximum Gasteiger partial charge on any atom is 0.238 e. The van der Waals surface area contributed by atoms with Crippen molar-refractivity contribution in [3.05, 3.63) is 24.3 Å². The minimum Gasteiger partial charge on any atom is -0.355 e. The number of thioether (sulfide) groups is 1. The molecule has 0 bridgehead atoms. The van der Waals surface area contributed by atoms with Crippen LogP contribution in [0.15, 0.2) is 29.2 Å². The van der Waals surface area contributed by atoms with E-state index in [4.69, 9.17) is 17.4 Å². The van der Waals surface area contributed by atoms with Crippen molar-refractivity contribution in [2.75, 3.05) is 64.4 Å². The number of piperazine rings is 1. The van der Waals surface area contributed by atoms with Gasteiger partial charge < -0.3 is 15.1 Å². The number of hydrogen-bond donors (Lipinski definition) is 2. The molecule has 1 heterocycles. The number of nitrogens with one attached hydrogen (secondary N) is 1. The van der Waals surface area contributed by atoms with Crippen LogP contribution in [0.4, 0.5) is 5.69 Å². The fourth-order valence-electron chi connectivity index (χ4n) is 2.64. The molecular weight excluding hydrogens is 418 g/mol. The third-order valence-electron chi connectivity index (χ3n) is 4.29. The van der Waals surface area contributed by atoms with Crippen molar-refractivity contribution in [1.82, 2.24) is 14.7 Å². The fourth-order valence-corrected chi connectivity index (χ4v) is 4.21. The molecule has 1 fully saturated rings. The number of carbonyl (C=O) groups excluding carboxylic acids is 1. The lowest BCUT2D eigenvalue weighted by Gasteiger charge is -2.36. The van der Waals surface area contributed by atoms with E-state index in [0.29, 0.717) is 5.69 Å². The van der Waals surface area contributed by atoms with E-state index in [1.807, 2.05) is 0 Å². The van der Waals surface area contributed by atoms with Crippen LogP contribution in [0.25, 0.3) is 0 Å². The first kappa shape index (κ1) is 23.0. The highest BCUT2D eigenvalue weighted by molar-refractivity contribution is 8.23. The predicted octanol–water partition coefficient (Wildman–Crippen LogP) is 0.470. The van der Waals surface area contributed by atoms with Gasteiger partial charge >= 0.3 is 0 Å². The summed E-state index contributed by atoms with van der Waals surface area (Å²) in [4.78, 5) is 18.9. The first-order valence-electron chi connectivity index (χ1n) is 8.86. The number of rotatable bonds is 7. The largest absolute Gasteiger partial charge is 0.355 e. The van der Waals surface area contributed by atoms with Crippen molar-refractivity contribution >= 4 is 49.9 Å². The van der Waals surface area contributed by atoms with Crippen molar-refractivity contribution in [1.29, 1.82) is 0 Å². The maximum absolute atomic E-state index is 12.1. The van der Waals surface area contributed by atoms with Gasteiger partial charge in [-0.15, -0.1) is 0 Å². The Bertz CT molecular complexity index is 776. The summed E-state index contributed by atoms with van der Waals surface area (Å²) in [5.74, 6) is 0.0108. The Kier molecular flexibility index (Phi) is 8.65. The van der Waals surface area contributed by atoms with Gasteiger partial charge in [0, 0.05) is 45.0 Å². The second kappa shape index (κ2) is 10.5. The van der Waals surface area contributed by atoms with Gasteiger partial charge in [-0.25, -0.2) is 13.6 Å². The molecule has 0 radical (unpaired) electrons. The Morgan fingerprint density at radius 2 is 1.82 bits per heavy atom. The molecule has 1 amide bonds. The zero-order valence-electron chi connectivity index (χ0n) is 16.1. The molecule has 0 atom stereocenters. The molecule has 1 saturated heterocycles. The number of sulfonamides is 1. The number of hydrogen-bond acceptors (Lipinski definition) is 7. The standard InChI is InChI=1S/C17H27N5O3S3/c1-20(2)7-8-21-9-11-22(12-10-21)17(26)27-13-16(23)19-14-3-5-15(6-4-14)28(18,24)25/h3-6H,7-13H2,1-2H3,(H,19,23)(H2,18,24,25). The van der Waals surface area contributed by atoms with Crippen LogP contribution in [0.3, 0.4) is 0 Å². The number of carbonyl (C=O) groups is 1. The van der Waals surface area contributed by atoms with Gasteiger partial charge in [-0.3, -0.25) is 9.69 Å². The average Bonchev–Trinajstić information content (AvgIpc) is 2.64. The number of amides is 1. The minimum absolute atomic E-state index is 0.00535. The number of benzene rings is 1. The summed E-state index contributed by atoms with van der Waals surface area (Å²) in [6.07, 6.45) is 0. The molecule has 0 spiro atoms. The highest BCUT2D eigenvalue weighted by Crippen LogP contribution is 2.15. The van der Waals surface area contributed by atoms with E-state index in [-0.39, 0.29) is 16.6 Å². The average molecular weight is 446 g/mol. The van der Waals surface area contributed by atoms with Crippen LogP contribution in [0, 0.1) is 0 Å². The number of likely N-dealkylation sites (N-methyl/N-ethyl adjacent to an activating group) is 1. The lowest BCUT2D eigenvalue weighted by molar-refractivity contribution is -0.113. The molecule has 0 aliphatic carbocycles. The Morgan fingerprint density at radius 3 is 2.36 bits per heavy atom. The van der Waals surface area contributed by atoms with Crippen LogP contribution >= 0.6 is 24.0 Å². The van der Waals surface area contributed by atoms with Crippen LogP contribution in [-0.4, -0.2) is 92.5 Å². The predicted molar refractivity (Wildman–Crippen MR) is 118 cm³/mol. The Balaban J connectivity index is 1.72. The Labute approximate surface area is 176 Å². The van der Waals surface area contributed by atoms with Crippen LogP contribution in [0.1, 0.15) is 0 Å². The second-order valence-corrected chi connectivity index (χ2v) is 9.97. The summed E-state index contributed by atoms with van der Waals surface area (Å²) >= 11 is 6.80. The van der Waals surface area contributed by atoms with Gasteiger partial charge in [-0.05, 0) is 38.4 Å². The summed E-state index contributed by atoms with van der Waals surface area (Å²) in [5, 5.41) is 7.78. The van der Waals surface area contributed by atoms with Gasteiger partial charge in [0.25, 0.3) is 0 Å². The van der Waals surface area contributed by atoms with Gasteiger partial charge in [-0.1, -0.05) is 24.0 Å². The SMILES string of the molecule is CN(C)CCN1CCN(C(=S)SCC(=O)Nc2ccc(S(N)(=O)=O)cc2)CC1. The molecule has 0 saturated carbocycles. The number of anilines is 1. The Morgan fingerprint density at radius 1 is 1.21 bits per heavy atom. The van der Waals surface area contributed by atoms with E-state index in [0.717, 1.165) is 43.6 Å². The molecule has 0 aromatic heterocycles. The quantitative estimate of drug-likeness (QED) is 0.585. The maximum atomic E-state index is 12.1. The monoisotopic (exact) mass is 445 g/mol. The number of thiocarbonyl (C=S) groups is 1. The third kappa shape index (κ3) is 7.64. The summed E-state index contributed by atoms with van der Waals surface area (Å²) < 4.78 is 23.2. The molecule has 156 valence electrons. The number of primary sulfonamides is 1. The summed E-state index contributed by atoms with van der Waals surface area (Å²) in [6.45, 7) is 5.77. The molecule has 28 heavy (non-hydrogen) atoms. The molecule has 0 unspecified atom stereocenters. The van der Waals surface area contributed by atoms with Crippen LogP contribution in [0.5, 0.6) is 0 Å². The molecule has 1 aliphatic heterocycles. The van der Waals surface area contributed by atoms with Crippen molar-refractivity contribution in [2.45, 2.75) is 4.90 Å². The first-order chi connectivity index (χ1) is 13.1. The van der Waals surface area contributed by atoms with E-state index in [2.05, 4.69) is 34.1 Å². The summed E-state index contributed by atoms with van der Waals surface area (Å²) in [6, 6.07) is 5.73.